The predicted octanol–water partition coefficient (Wildman–Crippen LogP) is 4.10. The van der Waals surface area contributed by atoms with Crippen molar-refractivity contribution in [1.82, 2.24) is 5.32 Å². The van der Waals surface area contributed by atoms with Crippen LogP contribution in [0.3, 0.4) is 0 Å². The van der Waals surface area contributed by atoms with Crippen molar-refractivity contribution < 1.29 is 9.59 Å². The van der Waals surface area contributed by atoms with Crippen LogP contribution in [0.2, 0.25) is 0 Å². The molecule has 150 valence electrons. The second-order valence-corrected chi connectivity index (χ2v) is 7.66. The summed E-state index contributed by atoms with van der Waals surface area (Å²) in [4.78, 5) is 23.7. The van der Waals surface area contributed by atoms with Gasteiger partial charge < -0.3 is 10.6 Å². The summed E-state index contributed by atoms with van der Waals surface area (Å²) in [6.45, 7) is 2.38. The van der Waals surface area contributed by atoms with Crippen molar-refractivity contribution in [3.63, 3.8) is 0 Å². The SMILES string of the molecule is CC(=O)Nc1cccc(-c2ccc(C[C@@H](C#N)CC(=O)[C@@H]3CCCCN3)cc2)c1. The Kier molecular flexibility index (Phi) is 7.15. The zero-order valence-corrected chi connectivity index (χ0v) is 16.8. The third-order valence-electron chi connectivity index (χ3n) is 5.28. The van der Waals surface area contributed by atoms with Gasteiger partial charge in [-0.05, 0) is 54.6 Å². The highest BCUT2D eigenvalue weighted by Gasteiger charge is 2.23. The lowest BCUT2D eigenvalue weighted by molar-refractivity contribution is -0.122. The third-order valence-corrected chi connectivity index (χ3v) is 5.28. The number of nitrogens with zero attached hydrogens (tertiary/aromatic N) is 1. The molecule has 3 rings (SSSR count). The van der Waals surface area contributed by atoms with Gasteiger partial charge in [0.25, 0.3) is 0 Å². The number of hydrogen-bond acceptors (Lipinski definition) is 4. The summed E-state index contributed by atoms with van der Waals surface area (Å²) < 4.78 is 0. The van der Waals surface area contributed by atoms with Crippen LogP contribution < -0.4 is 10.6 Å². The molecule has 0 aliphatic carbocycles. The first-order valence-corrected chi connectivity index (χ1v) is 10.2. The third kappa shape index (κ3) is 6.00. The fourth-order valence-electron chi connectivity index (χ4n) is 3.77. The Morgan fingerprint density at radius 2 is 1.97 bits per heavy atom. The number of benzene rings is 2. The summed E-state index contributed by atoms with van der Waals surface area (Å²) in [5, 5.41) is 15.6. The van der Waals surface area contributed by atoms with Gasteiger partial charge in [-0.25, -0.2) is 0 Å². The summed E-state index contributed by atoms with van der Waals surface area (Å²) in [6.07, 6.45) is 3.94. The standard InChI is InChI=1S/C24H27N3O2/c1-17(28)27-22-6-4-5-21(15-22)20-10-8-18(9-11-20)13-19(16-25)14-24(29)23-7-2-3-12-26-23/h4-6,8-11,15,19,23,26H,2-3,7,12-14H2,1H3,(H,27,28)/t19-,23+/m1/s1. The van der Waals surface area contributed by atoms with Gasteiger partial charge in [0.05, 0.1) is 18.0 Å². The summed E-state index contributed by atoms with van der Waals surface area (Å²) in [5.41, 5.74) is 3.86. The number of hydrogen-bond donors (Lipinski definition) is 2. The molecule has 1 heterocycles. The molecule has 0 spiro atoms. The van der Waals surface area contributed by atoms with Crippen molar-refractivity contribution in [1.29, 1.82) is 5.26 Å². The van der Waals surface area contributed by atoms with E-state index in [1.54, 1.807) is 0 Å². The molecule has 2 N–H and O–H groups in total. The second-order valence-electron chi connectivity index (χ2n) is 7.66. The second kappa shape index (κ2) is 9.99. The molecule has 2 aromatic carbocycles. The summed E-state index contributed by atoms with van der Waals surface area (Å²) >= 11 is 0. The van der Waals surface area contributed by atoms with Crippen LogP contribution in [-0.2, 0) is 16.0 Å². The van der Waals surface area contributed by atoms with Crippen LogP contribution in [0.4, 0.5) is 5.69 Å². The van der Waals surface area contributed by atoms with Crippen molar-refractivity contribution in [2.24, 2.45) is 5.92 Å². The lowest BCUT2D eigenvalue weighted by Crippen LogP contribution is -2.41. The van der Waals surface area contributed by atoms with E-state index in [2.05, 4.69) is 16.7 Å². The van der Waals surface area contributed by atoms with Gasteiger partial charge in [0.15, 0.2) is 5.78 Å². The molecule has 1 fully saturated rings. The zero-order valence-electron chi connectivity index (χ0n) is 16.8. The number of piperidine rings is 1. The summed E-state index contributed by atoms with van der Waals surface area (Å²) in [5.74, 6) is -0.249. The summed E-state index contributed by atoms with van der Waals surface area (Å²) in [7, 11) is 0. The Balaban J connectivity index is 1.62. The smallest absolute Gasteiger partial charge is 0.221 e. The summed E-state index contributed by atoms with van der Waals surface area (Å²) in [6, 6.07) is 18.0. The van der Waals surface area contributed by atoms with Gasteiger partial charge in [0.2, 0.25) is 5.91 Å². The van der Waals surface area contributed by atoms with Crippen LogP contribution in [0.5, 0.6) is 0 Å². The molecule has 1 saturated heterocycles. The number of nitrogens with one attached hydrogen (secondary N) is 2. The Bertz CT molecular complexity index is 893. The fourth-order valence-corrected chi connectivity index (χ4v) is 3.77. The van der Waals surface area contributed by atoms with Gasteiger partial charge in [-0.1, -0.05) is 42.8 Å². The minimum absolute atomic E-state index is 0.0853. The van der Waals surface area contributed by atoms with Crippen LogP contribution in [-0.4, -0.2) is 24.3 Å². The van der Waals surface area contributed by atoms with E-state index in [0.29, 0.717) is 12.8 Å². The number of ketones is 1. The highest BCUT2D eigenvalue weighted by Crippen LogP contribution is 2.24. The predicted molar refractivity (Wildman–Crippen MR) is 114 cm³/mol. The molecule has 2 atom stereocenters. The molecule has 2 aromatic rings. The molecule has 0 radical (unpaired) electrons. The fraction of sp³-hybridized carbons (Fsp3) is 0.375. The Morgan fingerprint density at radius 1 is 1.17 bits per heavy atom. The molecule has 1 aliphatic heterocycles. The van der Waals surface area contributed by atoms with E-state index in [4.69, 9.17) is 0 Å². The maximum Gasteiger partial charge on any atom is 0.221 e. The lowest BCUT2D eigenvalue weighted by atomic mass is 9.90. The number of carbonyl (C=O) groups excluding carboxylic acids is 2. The van der Waals surface area contributed by atoms with Crippen LogP contribution in [0.1, 0.15) is 38.2 Å². The molecule has 5 nitrogen and oxygen atoms in total. The topological polar surface area (TPSA) is 82.0 Å². The maximum absolute atomic E-state index is 12.5. The first-order valence-electron chi connectivity index (χ1n) is 10.2. The van der Waals surface area contributed by atoms with Gasteiger partial charge in [-0.15, -0.1) is 0 Å². The van der Waals surface area contributed by atoms with Crippen molar-refractivity contribution >= 4 is 17.4 Å². The van der Waals surface area contributed by atoms with E-state index >= 15 is 0 Å². The Labute approximate surface area is 172 Å². The van der Waals surface area contributed by atoms with E-state index in [-0.39, 0.29) is 23.7 Å². The highest BCUT2D eigenvalue weighted by atomic mass is 16.1. The van der Waals surface area contributed by atoms with Crippen molar-refractivity contribution in [3.8, 4) is 17.2 Å². The average molecular weight is 389 g/mol. The largest absolute Gasteiger partial charge is 0.326 e. The van der Waals surface area contributed by atoms with E-state index < -0.39 is 0 Å². The minimum Gasteiger partial charge on any atom is -0.326 e. The Hall–Kier alpha value is -2.97. The van der Waals surface area contributed by atoms with E-state index in [1.165, 1.54) is 6.92 Å². The van der Waals surface area contributed by atoms with Gasteiger partial charge in [0, 0.05) is 19.0 Å². The number of carbonyl (C=O) groups is 2. The molecule has 0 bridgehead atoms. The van der Waals surface area contributed by atoms with Gasteiger partial charge in [-0.2, -0.15) is 5.26 Å². The lowest BCUT2D eigenvalue weighted by Gasteiger charge is -2.23. The molecular weight excluding hydrogens is 362 g/mol. The van der Waals surface area contributed by atoms with E-state index in [1.807, 2.05) is 48.5 Å². The highest BCUT2D eigenvalue weighted by molar-refractivity contribution is 5.89. The number of nitriles is 1. The molecule has 29 heavy (non-hydrogen) atoms. The Morgan fingerprint density at radius 3 is 2.62 bits per heavy atom. The molecule has 0 unspecified atom stereocenters. The van der Waals surface area contributed by atoms with Crippen molar-refractivity contribution in [2.75, 3.05) is 11.9 Å². The molecule has 1 amide bonds. The molecule has 0 aromatic heterocycles. The van der Waals surface area contributed by atoms with Gasteiger partial charge >= 0.3 is 0 Å². The number of rotatable bonds is 7. The first-order chi connectivity index (χ1) is 14.0. The van der Waals surface area contributed by atoms with Crippen LogP contribution >= 0.6 is 0 Å². The first kappa shape index (κ1) is 20.8. The van der Waals surface area contributed by atoms with E-state index in [9.17, 15) is 14.9 Å². The zero-order chi connectivity index (χ0) is 20.6. The monoisotopic (exact) mass is 389 g/mol. The number of Topliss-reactive ketones (excluding diaryl/α,β-unsaturated/α-hetero) is 1. The van der Waals surface area contributed by atoms with Gasteiger partial charge in [-0.3, -0.25) is 9.59 Å². The molecule has 1 aliphatic rings. The normalized spacial score (nSPS) is 17.2. The number of amides is 1. The molecule has 0 saturated carbocycles. The molecular formula is C24H27N3O2. The average Bonchev–Trinajstić information content (AvgIpc) is 2.74. The van der Waals surface area contributed by atoms with Crippen molar-refractivity contribution in [3.05, 3.63) is 54.1 Å². The quantitative estimate of drug-likeness (QED) is 0.747. The molecule has 5 heteroatoms. The minimum atomic E-state index is -0.305. The maximum atomic E-state index is 12.5. The van der Waals surface area contributed by atoms with Crippen LogP contribution in [0.15, 0.2) is 48.5 Å². The van der Waals surface area contributed by atoms with Crippen molar-refractivity contribution in [2.45, 2.75) is 45.1 Å². The number of anilines is 1. The van der Waals surface area contributed by atoms with Crippen LogP contribution in [0.25, 0.3) is 11.1 Å². The van der Waals surface area contributed by atoms with Crippen LogP contribution in [0, 0.1) is 17.2 Å². The van der Waals surface area contributed by atoms with Gasteiger partial charge in [0.1, 0.15) is 0 Å². The van der Waals surface area contributed by atoms with E-state index in [0.717, 1.165) is 48.2 Å².